The zero-order valence-electron chi connectivity index (χ0n) is 12.9. The van der Waals surface area contributed by atoms with E-state index in [0.717, 1.165) is 9.69 Å². The van der Waals surface area contributed by atoms with Gasteiger partial charge in [0.25, 0.3) is 0 Å². The molecule has 0 spiro atoms. The average Bonchev–Trinajstić information content (AvgIpc) is 2.45. The van der Waals surface area contributed by atoms with Gasteiger partial charge in [0.2, 0.25) is 0 Å². The molecule has 1 amide bonds. The Balaban J connectivity index is 4.73. The van der Waals surface area contributed by atoms with Crippen molar-refractivity contribution in [1.82, 2.24) is 5.01 Å². The third-order valence-corrected chi connectivity index (χ3v) is 2.65. The number of nitrogens with zero attached hydrogens (tertiary/aromatic N) is 2. The minimum absolute atomic E-state index is 0.165. The van der Waals surface area contributed by atoms with Crippen molar-refractivity contribution in [1.29, 1.82) is 0 Å². The number of carbonyl (C=O) groups excluding carboxylic acids is 2. The molecule has 0 heterocycles. The molecule has 0 aromatic heterocycles. The summed E-state index contributed by atoms with van der Waals surface area (Å²) < 4.78 is 5.91. The lowest BCUT2D eigenvalue weighted by molar-refractivity contribution is -0.670. The Hall–Kier alpha value is -2.58. The lowest BCUT2D eigenvalue weighted by Crippen LogP contribution is -2.44. The Morgan fingerprint density at radius 3 is 2.55 bits per heavy atom. The maximum absolute atomic E-state index is 11.4. The minimum Gasteiger partial charge on any atom is -0.461 e. The Labute approximate surface area is 129 Å². The molecule has 0 rings (SSSR count). The predicted octanol–water partition coefficient (Wildman–Crippen LogP) is 1.54. The SMILES string of the molecule is C#CCCCC[N+](=C=O)N(CC(C)OC(=O)C(=C)C)C(=O)O. The highest BCUT2D eigenvalue weighted by molar-refractivity contribution is 5.87. The number of isocyanates is 1. The van der Waals surface area contributed by atoms with E-state index in [1.165, 1.54) is 13.8 Å². The average molecular weight is 309 g/mol. The van der Waals surface area contributed by atoms with Crippen LogP contribution in [0.5, 0.6) is 0 Å². The van der Waals surface area contributed by atoms with Gasteiger partial charge < -0.3 is 9.84 Å². The summed E-state index contributed by atoms with van der Waals surface area (Å²) >= 11 is 0. The molecule has 7 nitrogen and oxygen atoms in total. The number of unbranched alkanes of at least 4 members (excludes halogenated alkanes) is 2. The third-order valence-electron chi connectivity index (χ3n) is 2.65. The summed E-state index contributed by atoms with van der Waals surface area (Å²) in [6, 6.07) is 0. The molecule has 22 heavy (non-hydrogen) atoms. The number of carbonyl (C=O) groups is 2. The monoisotopic (exact) mass is 309 g/mol. The number of terminal acetylenes is 1. The van der Waals surface area contributed by atoms with Crippen LogP contribution in [-0.4, -0.2) is 52.1 Å². The lowest BCUT2D eigenvalue weighted by atomic mass is 10.2. The summed E-state index contributed by atoms with van der Waals surface area (Å²) in [5.41, 5.74) is 0.210. The first-order valence-electron chi connectivity index (χ1n) is 6.79. The fourth-order valence-electron chi connectivity index (χ4n) is 1.55. The number of amides is 1. The maximum Gasteiger partial charge on any atom is 0.461 e. The van der Waals surface area contributed by atoms with Crippen molar-refractivity contribution in [3.05, 3.63) is 12.2 Å². The van der Waals surface area contributed by atoms with E-state index in [1.54, 1.807) is 6.08 Å². The molecule has 0 aromatic carbocycles. The van der Waals surface area contributed by atoms with Crippen molar-refractivity contribution in [2.45, 2.75) is 39.2 Å². The standard InChI is InChI=1S/C15H20N2O5/c1-5-6-7-8-9-16(11-18)17(15(20)21)10-13(4)22-14(19)12(2)3/h1,13H,2,6-10H2,3-4H3/p+1. The van der Waals surface area contributed by atoms with E-state index >= 15 is 0 Å². The molecular formula is C15H21N2O5+. The number of carboxylic acid groups (broad SMARTS) is 1. The molecule has 7 heteroatoms. The van der Waals surface area contributed by atoms with Gasteiger partial charge in [-0.15, -0.1) is 12.3 Å². The van der Waals surface area contributed by atoms with Gasteiger partial charge in [-0.1, -0.05) is 11.6 Å². The van der Waals surface area contributed by atoms with E-state index in [9.17, 15) is 19.5 Å². The molecule has 0 aliphatic rings. The molecule has 0 aliphatic heterocycles. The van der Waals surface area contributed by atoms with Crippen LogP contribution >= 0.6 is 0 Å². The molecule has 0 saturated heterocycles. The van der Waals surface area contributed by atoms with Gasteiger partial charge in [-0.25, -0.2) is 9.59 Å². The van der Waals surface area contributed by atoms with Crippen molar-refractivity contribution in [2.24, 2.45) is 0 Å². The van der Waals surface area contributed by atoms with E-state index in [4.69, 9.17) is 11.2 Å². The number of esters is 1. The van der Waals surface area contributed by atoms with Gasteiger partial charge in [0.15, 0.2) is 6.54 Å². The van der Waals surface area contributed by atoms with Gasteiger partial charge in [-0.3, -0.25) is 0 Å². The number of ether oxygens (including phenoxy) is 1. The Morgan fingerprint density at radius 2 is 2.09 bits per heavy atom. The van der Waals surface area contributed by atoms with Gasteiger partial charge in [-0.2, -0.15) is 4.79 Å². The molecule has 120 valence electrons. The number of hydrazone groups is 1. The first-order chi connectivity index (χ1) is 10.3. The zero-order valence-corrected chi connectivity index (χ0v) is 12.9. The van der Waals surface area contributed by atoms with Crippen LogP contribution in [0.2, 0.25) is 0 Å². The topological polar surface area (TPSA) is 86.9 Å². The largest absolute Gasteiger partial charge is 0.461 e. The second-order valence-corrected chi connectivity index (χ2v) is 4.74. The first kappa shape index (κ1) is 19.4. The number of rotatable bonds is 9. The van der Waals surface area contributed by atoms with Crippen LogP contribution in [-0.2, 0) is 14.3 Å². The maximum atomic E-state index is 11.4. The molecule has 0 radical (unpaired) electrons. The highest BCUT2D eigenvalue weighted by Crippen LogP contribution is 2.04. The summed E-state index contributed by atoms with van der Waals surface area (Å²) in [7, 11) is 0. The van der Waals surface area contributed by atoms with E-state index in [1.807, 2.05) is 0 Å². The summed E-state index contributed by atoms with van der Waals surface area (Å²) in [4.78, 5) is 33.6. The van der Waals surface area contributed by atoms with Crippen LogP contribution in [0.4, 0.5) is 4.79 Å². The normalized spacial score (nSPS) is 10.8. The van der Waals surface area contributed by atoms with Gasteiger partial charge in [0.1, 0.15) is 12.6 Å². The molecule has 0 bridgehead atoms. The van der Waals surface area contributed by atoms with Crippen LogP contribution < -0.4 is 0 Å². The molecule has 0 aromatic rings. The van der Waals surface area contributed by atoms with Crippen LogP contribution in [0.1, 0.15) is 33.1 Å². The zero-order chi connectivity index (χ0) is 17.1. The van der Waals surface area contributed by atoms with E-state index in [2.05, 4.69) is 12.5 Å². The van der Waals surface area contributed by atoms with Crippen molar-refractivity contribution in [2.75, 3.05) is 13.1 Å². The van der Waals surface area contributed by atoms with Gasteiger partial charge in [0.05, 0.1) is 0 Å². The second kappa shape index (κ2) is 10.2. The van der Waals surface area contributed by atoms with Crippen molar-refractivity contribution < 1.29 is 28.9 Å². The fraction of sp³-hybridized carbons (Fsp3) is 0.533. The Kier molecular flexibility index (Phi) is 9.00. The molecule has 0 saturated carbocycles. The summed E-state index contributed by atoms with van der Waals surface area (Å²) in [6.07, 6.45) is 6.37. The Bertz CT molecular complexity index is 515. The predicted molar refractivity (Wildman–Crippen MR) is 78.6 cm³/mol. The van der Waals surface area contributed by atoms with Gasteiger partial charge >= 0.3 is 18.1 Å². The second-order valence-electron chi connectivity index (χ2n) is 4.74. The molecule has 1 N–H and O–H groups in total. The van der Waals surface area contributed by atoms with Gasteiger partial charge in [-0.05, 0) is 25.0 Å². The third kappa shape index (κ3) is 7.27. The van der Waals surface area contributed by atoms with Crippen molar-refractivity contribution in [3.63, 3.8) is 0 Å². The smallest absolute Gasteiger partial charge is 0.461 e. The van der Waals surface area contributed by atoms with Crippen molar-refractivity contribution >= 4 is 18.1 Å². The molecular weight excluding hydrogens is 288 g/mol. The van der Waals surface area contributed by atoms with E-state index in [-0.39, 0.29) is 18.7 Å². The van der Waals surface area contributed by atoms with Crippen LogP contribution in [0.3, 0.4) is 0 Å². The summed E-state index contributed by atoms with van der Waals surface area (Å²) in [6.45, 7) is 6.43. The van der Waals surface area contributed by atoms with Gasteiger partial charge in [0, 0.05) is 18.4 Å². The summed E-state index contributed by atoms with van der Waals surface area (Å²) in [5.74, 6) is 1.85. The highest BCUT2D eigenvalue weighted by Gasteiger charge is 2.28. The fourth-order valence-corrected chi connectivity index (χ4v) is 1.55. The highest BCUT2D eigenvalue weighted by atomic mass is 16.5. The molecule has 0 aliphatic carbocycles. The number of hydrogen-bond acceptors (Lipinski definition) is 4. The van der Waals surface area contributed by atoms with E-state index in [0.29, 0.717) is 19.3 Å². The summed E-state index contributed by atoms with van der Waals surface area (Å²) in [5, 5.41) is 9.95. The Morgan fingerprint density at radius 1 is 1.45 bits per heavy atom. The van der Waals surface area contributed by atoms with Crippen LogP contribution in [0, 0.1) is 12.3 Å². The first-order valence-corrected chi connectivity index (χ1v) is 6.79. The van der Waals surface area contributed by atoms with E-state index < -0.39 is 18.2 Å². The number of hydrogen-bond donors (Lipinski definition) is 1. The molecule has 1 unspecified atom stereocenters. The van der Waals surface area contributed by atoms with Crippen LogP contribution in [0.25, 0.3) is 0 Å². The lowest BCUT2D eigenvalue weighted by Gasteiger charge is -2.18. The van der Waals surface area contributed by atoms with Crippen LogP contribution in [0.15, 0.2) is 12.2 Å². The number of hydrazine groups is 1. The van der Waals surface area contributed by atoms with Crippen molar-refractivity contribution in [3.8, 4) is 12.3 Å². The minimum atomic E-state index is -1.33. The quantitative estimate of drug-likeness (QED) is 0.102. The molecule has 1 atom stereocenters. The molecule has 0 fully saturated rings.